The number of nitrogens with zero attached hydrogens (tertiary/aromatic N) is 2. The minimum absolute atomic E-state index is 0.112. The molecule has 1 aromatic carbocycles. The van der Waals surface area contributed by atoms with E-state index in [4.69, 9.17) is 11.6 Å². The highest BCUT2D eigenvalue weighted by atomic mass is 35.5. The van der Waals surface area contributed by atoms with Crippen molar-refractivity contribution in [1.82, 2.24) is 15.1 Å². The smallest absolute Gasteiger partial charge is 0.256 e. The first-order valence-electron chi connectivity index (χ1n) is 8.01. The topological polar surface area (TPSA) is 46.9 Å². The minimum atomic E-state index is -0.161. The molecule has 0 saturated heterocycles. The zero-order valence-electron chi connectivity index (χ0n) is 14.1. The van der Waals surface area contributed by atoms with Crippen molar-refractivity contribution in [2.24, 2.45) is 5.92 Å². The Kier molecular flexibility index (Phi) is 5.83. The summed E-state index contributed by atoms with van der Waals surface area (Å²) < 4.78 is 1.60. The molecule has 1 aromatic heterocycles. The Morgan fingerprint density at radius 2 is 1.87 bits per heavy atom. The van der Waals surface area contributed by atoms with Gasteiger partial charge in [-0.15, -0.1) is 0 Å². The Bertz CT molecular complexity index is 664. The van der Waals surface area contributed by atoms with Crippen molar-refractivity contribution in [3.05, 3.63) is 46.7 Å². The summed E-state index contributed by atoms with van der Waals surface area (Å²) in [5, 5.41) is 7.78. The second-order valence-electron chi connectivity index (χ2n) is 6.34. The van der Waals surface area contributed by atoms with E-state index in [0.29, 0.717) is 22.3 Å². The van der Waals surface area contributed by atoms with E-state index in [9.17, 15) is 4.79 Å². The first-order valence-corrected chi connectivity index (χ1v) is 8.39. The predicted molar refractivity (Wildman–Crippen MR) is 94.3 cm³/mol. The van der Waals surface area contributed by atoms with Crippen molar-refractivity contribution < 1.29 is 4.79 Å². The molecule has 0 spiro atoms. The van der Waals surface area contributed by atoms with E-state index in [1.54, 1.807) is 11.6 Å². The molecule has 1 N–H and O–H groups in total. The van der Waals surface area contributed by atoms with Crippen LogP contribution in [0.5, 0.6) is 0 Å². The Morgan fingerprint density at radius 3 is 2.48 bits per heavy atom. The molecule has 0 bridgehead atoms. The Labute approximate surface area is 142 Å². The lowest BCUT2D eigenvalue weighted by atomic mass is 10.0. The van der Waals surface area contributed by atoms with Gasteiger partial charge in [-0.2, -0.15) is 5.10 Å². The van der Waals surface area contributed by atoms with Gasteiger partial charge in [0.1, 0.15) is 5.15 Å². The number of aromatic nitrogens is 2. The maximum Gasteiger partial charge on any atom is 0.256 e. The van der Waals surface area contributed by atoms with Gasteiger partial charge < -0.3 is 5.32 Å². The first-order chi connectivity index (χ1) is 10.9. The van der Waals surface area contributed by atoms with Crippen LogP contribution < -0.4 is 5.32 Å². The van der Waals surface area contributed by atoms with Gasteiger partial charge in [0.2, 0.25) is 0 Å². The summed E-state index contributed by atoms with van der Waals surface area (Å²) in [6, 6.07) is 9.68. The second kappa shape index (κ2) is 7.64. The van der Waals surface area contributed by atoms with E-state index in [0.717, 1.165) is 18.5 Å². The van der Waals surface area contributed by atoms with Crippen LogP contribution in [-0.4, -0.2) is 21.7 Å². The average molecular weight is 334 g/mol. The molecule has 1 amide bonds. The monoisotopic (exact) mass is 333 g/mol. The van der Waals surface area contributed by atoms with Gasteiger partial charge in [0.25, 0.3) is 5.91 Å². The fraction of sp³-hybridized carbons (Fsp3) is 0.444. The normalized spacial score (nSPS) is 12.4. The number of benzene rings is 1. The lowest BCUT2D eigenvalue weighted by molar-refractivity contribution is 0.0937. The largest absolute Gasteiger partial charge is 0.349 e. The molecule has 4 nitrogen and oxygen atoms in total. The number of halogens is 1. The molecule has 23 heavy (non-hydrogen) atoms. The summed E-state index contributed by atoms with van der Waals surface area (Å²) in [6.45, 7) is 8.18. The highest BCUT2D eigenvalue weighted by Crippen LogP contribution is 2.23. The molecule has 0 aliphatic heterocycles. The minimum Gasteiger partial charge on any atom is -0.349 e. The number of aryl methyl sites for hydroxylation is 1. The van der Waals surface area contributed by atoms with Crippen molar-refractivity contribution in [3.63, 3.8) is 0 Å². The average Bonchev–Trinajstić information content (AvgIpc) is 2.81. The number of carbonyl (C=O) groups is 1. The molecule has 0 radical (unpaired) electrons. The summed E-state index contributed by atoms with van der Waals surface area (Å²) >= 11 is 6.41. The molecular weight excluding hydrogens is 310 g/mol. The van der Waals surface area contributed by atoms with E-state index in [1.165, 1.54) is 0 Å². The Hall–Kier alpha value is -1.81. The van der Waals surface area contributed by atoms with E-state index in [-0.39, 0.29) is 11.9 Å². The molecule has 0 fully saturated rings. The zero-order valence-corrected chi connectivity index (χ0v) is 14.9. The molecule has 2 rings (SSSR count). The highest BCUT2D eigenvalue weighted by molar-refractivity contribution is 6.33. The second-order valence-corrected chi connectivity index (χ2v) is 6.70. The van der Waals surface area contributed by atoms with Crippen molar-refractivity contribution >= 4 is 17.5 Å². The molecule has 1 heterocycles. The quantitative estimate of drug-likeness (QED) is 0.852. The van der Waals surface area contributed by atoms with Crippen LogP contribution in [0.2, 0.25) is 5.15 Å². The highest BCUT2D eigenvalue weighted by Gasteiger charge is 2.22. The van der Waals surface area contributed by atoms with Crippen LogP contribution >= 0.6 is 11.6 Å². The number of hydrogen-bond acceptors (Lipinski definition) is 2. The van der Waals surface area contributed by atoms with E-state index in [1.807, 2.05) is 37.3 Å². The summed E-state index contributed by atoms with van der Waals surface area (Å²) in [5.41, 5.74) is 1.92. The predicted octanol–water partition coefficient (Wildman–Crippen LogP) is 4.39. The lowest BCUT2D eigenvalue weighted by Crippen LogP contribution is -2.33. The third kappa shape index (κ3) is 4.35. The first kappa shape index (κ1) is 17.5. The molecule has 5 heteroatoms. The van der Waals surface area contributed by atoms with Gasteiger partial charge in [-0.3, -0.25) is 4.79 Å². The summed E-state index contributed by atoms with van der Waals surface area (Å²) in [6.07, 6.45) is 2.03. The third-order valence-electron chi connectivity index (χ3n) is 3.79. The Morgan fingerprint density at radius 1 is 1.22 bits per heavy atom. The summed E-state index contributed by atoms with van der Waals surface area (Å²) in [5.74, 6) is 0.464. The number of nitrogens with one attached hydrogen (secondary N) is 1. The standard InChI is InChI=1S/C18H24ClN3O/c1-12(2)10-11-13(3)20-18(23)16-14(4)21-22(17(16)19)15-8-6-5-7-9-15/h5-9,12-13H,10-11H2,1-4H3,(H,20,23). The zero-order chi connectivity index (χ0) is 17.0. The molecule has 1 atom stereocenters. The molecule has 1 unspecified atom stereocenters. The molecule has 0 saturated carbocycles. The molecular formula is C18H24ClN3O. The number of amides is 1. The van der Waals surface area contributed by atoms with Crippen molar-refractivity contribution in [2.75, 3.05) is 0 Å². The van der Waals surface area contributed by atoms with Crippen LogP contribution in [0, 0.1) is 12.8 Å². The van der Waals surface area contributed by atoms with Gasteiger partial charge in [-0.25, -0.2) is 4.68 Å². The third-order valence-corrected chi connectivity index (χ3v) is 4.14. The van der Waals surface area contributed by atoms with Gasteiger partial charge in [-0.1, -0.05) is 43.6 Å². The van der Waals surface area contributed by atoms with Crippen LogP contribution in [0.3, 0.4) is 0 Å². The van der Waals surface area contributed by atoms with Gasteiger partial charge in [0.05, 0.1) is 16.9 Å². The number of carbonyl (C=O) groups excluding carboxylic acids is 1. The fourth-order valence-electron chi connectivity index (χ4n) is 2.45. The van der Waals surface area contributed by atoms with Crippen LogP contribution in [0.1, 0.15) is 49.7 Å². The van der Waals surface area contributed by atoms with E-state index < -0.39 is 0 Å². The lowest BCUT2D eigenvalue weighted by Gasteiger charge is -2.15. The number of para-hydroxylation sites is 1. The SMILES string of the molecule is Cc1nn(-c2ccccc2)c(Cl)c1C(=O)NC(C)CCC(C)C. The van der Waals surface area contributed by atoms with Gasteiger partial charge in [0.15, 0.2) is 0 Å². The summed E-state index contributed by atoms with van der Waals surface area (Å²) in [7, 11) is 0. The number of hydrogen-bond donors (Lipinski definition) is 1. The van der Waals surface area contributed by atoms with E-state index in [2.05, 4.69) is 24.3 Å². The van der Waals surface area contributed by atoms with Crippen LogP contribution in [0.15, 0.2) is 30.3 Å². The molecule has 0 aliphatic carbocycles. The van der Waals surface area contributed by atoms with Gasteiger partial charge >= 0.3 is 0 Å². The van der Waals surface area contributed by atoms with Crippen LogP contribution in [0.4, 0.5) is 0 Å². The van der Waals surface area contributed by atoms with Crippen molar-refractivity contribution in [1.29, 1.82) is 0 Å². The van der Waals surface area contributed by atoms with Gasteiger partial charge in [0, 0.05) is 6.04 Å². The maximum absolute atomic E-state index is 12.5. The van der Waals surface area contributed by atoms with Crippen LogP contribution in [0.25, 0.3) is 5.69 Å². The molecule has 124 valence electrons. The summed E-state index contributed by atoms with van der Waals surface area (Å²) in [4.78, 5) is 12.5. The Balaban J connectivity index is 2.17. The van der Waals surface area contributed by atoms with E-state index >= 15 is 0 Å². The fourth-order valence-corrected chi connectivity index (χ4v) is 2.81. The van der Waals surface area contributed by atoms with Crippen LogP contribution in [-0.2, 0) is 0 Å². The maximum atomic E-state index is 12.5. The molecule has 2 aromatic rings. The molecule has 0 aliphatic rings. The van der Waals surface area contributed by atoms with Gasteiger partial charge in [-0.05, 0) is 44.7 Å². The van der Waals surface area contributed by atoms with Crippen molar-refractivity contribution in [2.45, 2.75) is 46.6 Å². The number of rotatable bonds is 6. The van der Waals surface area contributed by atoms with Crippen molar-refractivity contribution in [3.8, 4) is 5.69 Å².